The van der Waals surface area contributed by atoms with Gasteiger partial charge in [0.05, 0.1) is 19.8 Å². The van der Waals surface area contributed by atoms with Crippen molar-refractivity contribution in [3.63, 3.8) is 0 Å². The molecule has 0 fully saturated rings. The van der Waals surface area contributed by atoms with Crippen molar-refractivity contribution >= 4 is 0 Å². The number of benzene rings is 1. The first-order valence-electron chi connectivity index (χ1n) is 12.4. The molecule has 1 aromatic carbocycles. The van der Waals surface area contributed by atoms with Gasteiger partial charge in [-0.25, -0.2) is 0 Å². The summed E-state index contributed by atoms with van der Waals surface area (Å²) in [7, 11) is 0. The predicted octanol–water partition coefficient (Wildman–Crippen LogP) is 8.46. The van der Waals surface area contributed by atoms with Crippen molar-refractivity contribution in [2.45, 2.75) is 99.6 Å². The van der Waals surface area contributed by atoms with Gasteiger partial charge in [-0.15, -0.1) is 0 Å². The van der Waals surface area contributed by atoms with E-state index in [-0.39, 0.29) is 0 Å². The zero-order valence-corrected chi connectivity index (χ0v) is 21.8. The molecule has 1 rings (SSSR count). The van der Waals surface area contributed by atoms with Crippen molar-refractivity contribution in [3.05, 3.63) is 59.2 Å². The van der Waals surface area contributed by atoms with Crippen LogP contribution in [0, 0.1) is 11.8 Å². The molecule has 0 saturated carbocycles. The SMILES string of the molecule is CC(C)=CCCC(C)CCOC(C)(OCCC(C)CCC=C(C)C)OCc1ccccc1. The number of hydrogen-bond acceptors (Lipinski definition) is 3. The third-order valence-corrected chi connectivity index (χ3v) is 5.72. The summed E-state index contributed by atoms with van der Waals surface area (Å²) in [4.78, 5) is 0. The Kier molecular flexibility index (Phi) is 14.5. The van der Waals surface area contributed by atoms with Crippen molar-refractivity contribution in [2.24, 2.45) is 11.8 Å². The molecule has 0 aliphatic heterocycles. The highest BCUT2D eigenvalue weighted by molar-refractivity contribution is 5.13. The van der Waals surface area contributed by atoms with Crippen LogP contribution in [-0.4, -0.2) is 19.2 Å². The van der Waals surface area contributed by atoms with Gasteiger partial charge in [-0.05, 0) is 83.6 Å². The fourth-order valence-electron chi connectivity index (χ4n) is 3.41. The van der Waals surface area contributed by atoms with Gasteiger partial charge in [0.15, 0.2) is 0 Å². The van der Waals surface area contributed by atoms with E-state index in [1.165, 1.54) is 24.0 Å². The Morgan fingerprint density at radius 1 is 0.750 bits per heavy atom. The minimum atomic E-state index is -1.02. The van der Waals surface area contributed by atoms with E-state index in [4.69, 9.17) is 14.2 Å². The first kappa shape index (κ1) is 28.6. The van der Waals surface area contributed by atoms with E-state index in [1.807, 2.05) is 25.1 Å². The normalized spacial score (nSPS) is 15.0. The molecule has 0 amide bonds. The zero-order valence-electron chi connectivity index (χ0n) is 21.8. The van der Waals surface area contributed by atoms with E-state index in [0.717, 1.165) is 31.2 Å². The average Bonchev–Trinajstić information content (AvgIpc) is 2.72. The molecule has 182 valence electrons. The fourth-order valence-corrected chi connectivity index (χ4v) is 3.41. The summed E-state index contributed by atoms with van der Waals surface area (Å²) in [6.45, 7) is 16.9. The molecule has 3 heteroatoms. The smallest absolute Gasteiger partial charge is 0.280 e. The third-order valence-electron chi connectivity index (χ3n) is 5.72. The molecule has 2 atom stereocenters. The topological polar surface area (TPSA) is 27.7 Å². The fraction of sp³-hybridized carbons (Fsp3) is 0.655. The van der Waals surface area contributed by atoms with Gasteiger partial charge in [-0.2, -0.15) is 0 Å². The minimum Gasteiger partial charge on any atom is -0.328 e. The van der Waals surface area contributed by atoms with Crippen molar-refractivity contribution in [1.29, 1.82) is 0 Å². The third kappa shape index (κ3) is 14.6. The maximum absolute atomic E-state index is 6.17. The Hall–Kier alpha value is -1.42. The first-order valence-corrected chi connectivity index (χ1v) is 12.4. The Bertz CT molecular complexity index is 620. The highest BCUT2D eigenvalue weighted by atomic mass is 16.9. The Balaban J connectivity index is 2.52. The van der Waals surface area contributed by atoms with Gasteiger partial charge in [0, 0.05) is 6.92 Å². The summed E-state index contributed by atoms with van der Waals surface area (Å²) in [5, 5.41) is 0. The Morgan fingerprint density at radius 2 is 1.22 bits per heavy atom. The maximum Gasteiger partial charge on any atom is 0.280 e. The highest BCUT2D eigenvalue weighted by Gasteiger charge is 2.27. The molecule has 0 N–H and O–H groups in total. The van der Waals surface area contributed by atoms with Gasteiger partial charge in [0.25, 0.3) is 5.97 Å². The molecule has 0 aromatic heterocycles. The van der Waals surface area contributed by atoms with Crippen LogP contribution in [0.15, 0.2) is 53.6 Å². The minimum absolute atomic E-state index is 0.476. The van der Waals surface area contributed by atoms with E-state index in [1.54, 1.807) is 0 Å². The van der Waals surface area contributed by atoms with E-state index >= 15 is 0 Å². The van der Waals surface area contributed by atoms with Gasteiger partial charge in [0.2, 0.25) is 0 Å². The number of rotatable bonds is 17. The van der Waals surface area contributed by atoms with Gasteiger partial charge in [-0.1, -0.05) is 67.5 Å². The van der Waals surface area contributed by atoms with Gasteiger partial charge in [0.1, 0.15) is 0 Å². The van der Waals surface area contributed by atoms with Crippen LogP contribution in [0.4, 0.5) is 0 Å². The van der Waals surface area contributed by atoms with Gasteiger partial charge < -0.3 is 14.2 Å². The van der Waals surface area contributed by atoms with Crippen molar-refractivity contribution in [2.75, 3.05) is 13.2 Å². The highest BCUT2D eigenvalue weighted by Crippen LogP contribution is 2.22. The van der Waals surface area contributed by atoms with Crippen molar-refractivity contribution in [1.82, 2.24) is 0 Å². The monoisotopic (exact) mass is 444 g/mol. The standard InChI is InChI=1S/C29H48O3/c1-24(2)13-11-15-26(5)19-21-30-29(7,32-23-28-17-9-8-10-18-28)31-22-20-27(6)16-12-14-25(3)4/h8-10,13-14,17-18,26-27H,11-12,15-16,19-23H2,1-7H3. The number of ether oxygens (including phenoxy) is 3. The second-order valence-corrected chi connectivity index (χ2v) is 9.84. The lowest BCUT2D eigenvalue weighted by atomic mass is 10.0. The van der Waals surface area contributed by atoms with Crippen molar-refractivity contribution in [3.8, 4) is 0 Å². The molecule has 0 aliphatic rings. The van der Waals surface area contributed by atoms with E-state index in [9.17, 15) is 0 Å². The zero-order chi connectivity index (χ0) is 23.8. The average molecular weight is 445 g/mol. The van der Waals surface area contributed by atoms with Crippen molar-refractivity contribution < 1.29 is 14.2 Å². The maximum atomic E-state index is 6.17. The molecule has 0 bridgehead atoms. The lowest BCUT2D eigenvalue weighted by Crippen LogP contribution is -2.37. The van der Waals surface area contributed by atoms with Crippen LogP contribution in [0.5, 0.6) is 0 Å². The van der Waals surface area contributed by atoms with Crippen LogP contribution in [0.1, 0.15) is 92.6 Å². The van der Waals surface area contributed by atoms with E-state index in [0.29, 0.717) is 31.7 Å². The molecule has 0 saturated heterocycles. The van der Waals surface area contributed by atoms with Crippen LogP contribution in [0.25, 0.3) is 0 Å². The predicted molar refractivity (Wildman–Crippen MR) is 136 cm³/mol. The molecule has 32 heavy (non-hydrogen) atoms. The molecule has 0 aliphatic carbocycles. The Morgan fingerprint density at radius 3 is 1.66 bits per heavy atom. The molecule has 0 radical (unpaired) electrons. The summed E-state index contributed by atoms with van der Waals surface area (Å²) in [5.74, 6) is 0.202. The molecular weight excluding hydrogens is 396 g/mol. The molecule has 2 unspecified atom stereocenters. The number of allylic oxidation sites excluding steroid dienone is 4. The molecule has 0 heterocycles. The number of hydrogen-bond donors (Lipinski definition) is 0. The lowest BCUT2D eigenvalue weighted by molar-refractivity contribution is -0.375. The van der Waals surface area contributed by atoms with Crippen LogP contribution in [-0.2, 0) is 20.8 Å². The molecule has 3 nitrogen and oxygen atoms in total. The van der Waals surface area contributed by atoms with E-state index < -0.39 is 5.97 Å². The van der Waals surface area contributed by atoms with Crippen LogP contribution in [0.2, 0.25) is 0 Å². The second-order valence-electron chi connectivity index (χ2n) is 9.84. The first-order chi connectivity index (χ1) is 15.2. The summed E-state index contributed by atoms with van der Waals surface area (Å²) < 4.78 is 18.5. The molecule has 1 aromatic rings. The summed E-state index contributed by atoms with van der Waals surface area (Å²) in [5.41, 5.74) is 3.90. The van der Waals surface area contributed by atoms with E-state index in [2.05, 4.69) is 65.8 Å². The van der Waals surface area contributed by atoms with Crippen LogP contribution >= 0.6 is 0 Å². The largest absolute Gasteiger partial charge is 0.328 e. The summed E-state index contributed by atoms with van der Waals surface area (Å²) in [6.07, 6.45) is 11.3. The Labute approximate surface area is 198 Å². The molecular formula is C29H48O3. The summed E-state index contributed by atoms with van der Waals surface area (Å²) >= 11 is 0. The second kappa shape index (κ2) is 16.2. The van der Waals surface area contributed by atoms with Gasteiger partial charge >= 0.3 is 0 Å². The quantitative estimate of drug-likeness (QED) is 0.178. The van der Waals surface area contributed by atoms with Crippen LogP contribution in [0.3, 0.4) is 0 Å². The summed E-state index contributed by atoms with van der Waals surface area (Å²) in [6, 6.07) is 10.2. The van der Waals surface area contributed by atoms with Gasteiger partial charge in [-0.3, -0.25) is 0 Å². The lowest BCUT2D eigenvalue weighted by Gasteiger charge is -2.31. The van der Waals surface area contributed by atoms with Crippen LogP contribution < -0.4 is 0 Å². The molecule has 0 spiro atoms.